The molecule has 2 heteroatoms. The van der Waals surface area contributed by atoms with Crippen LogP contribution in [0.15, 0.2) is 12.1 Å². The van der Waals surface area contributed by atoms with Crippen LogP contribution in [0.5, 0.6) is 0 Å². The lowest BCUT2D eigenvalue weighted by atomic mass is 9.81. The Hall–Kier alpha value is -0.860. The number of benzene rings is 1. The molecule has 0 radical (unpaired) electrons. The first kappa shape index (κ1) is 15.5. The van der Waals surface area contributed by atoms with Gasteiger partial charge in [0.2, 0.25) is 0 Å². The average Bonchev–Trinajstić information content (AvgIpc) is 2.58. The lowest BCUT2D eigenvalue weighted by molar-refractivity contribution is 0.0239. The van der Waals surface area contributed by atoms with Crippen molar-refractivity contribution in [2.24, 2.45) is 11.8 Å². The van der Waals surface area contributed by atoms with Crippen LogP contribution in [-0.2, 0) is 11.2 Å². The summed E-state index contributed by atoms with van der Waals surface area (Å²) in [6.45, 7) is 12.8. The minimum absolute atomic E-state index is 0.140. The molecule has 0 aromatic heterocycles. The number of aliphatic hydroxyl groups is 1. The van der Waals surface area contributed by atoms with Gasteiger partial charge in [0.25, 0.3) is 0 Å². The smallest absolute Gasteiger partial charge is 0.0637 e. The summed E-state index contributed by atoms with van der Waals surface area (Å²) in [5.41, 5.74) is 5.16. The zero-order chi connectivity index (χ0) is 15.0. The van der Waals surface area contributed by atoms with Crippen LogP contribution >= 0.6 is 0 Å². The summed E-state index contributed by atoms with van der Waals surface area (Å²) in [6, 6.07) is 4.41. The maximum absolute atomic E-state index is 10.7. The first-order valence-electron chi connectivity index (χ1n) is 7.71. The van der Waals surface area contributed by atoms with Gasteiger partial charge in [0.05, 0.1) is 18.3 Å². The normalized spacial score (nSPS) is 31.6. The fourth-order valence-corrected chi connectivity index (χ4v) is 3.83. The molecule has 0 aliphatic carbocycles. The number of aryl methyl sites for hydroxylation is 3. The fraction of sp³-hybridized carbons (Fsp3) is 0.667. The topological polar surface area (TPSA) is 29.5 Å². The second-order valence-corrected chi connectivity index (χ2v) is 6.63. The molecule has 0 amide bonds. The van der Waals surface area contributed by atoms with Crippen molar-refractivity contribution in [1.29, 1.82) is 0 Å². The molecule has 2 nitrogen and oxygen atoms in total. The summed E-state index contributed by atoms with van der Waals surface area (Å²) in [4.78, 5) is 0. The predicted molar refractivity (Wildman–Crippen MR) is 83.0 cm³/mol. The highest BCUT2D eigenvalue weighted by Crippen LogP contribution is 2.36. The number of aliphatic hydroxyl groups excluding tert-OH is 1. The van der Waals surface area contributed by atoms with Crippen LogP contribution < -0.4 is 0 Å². The van der Waals surface area contributed by atoms with E-state index in [0.29, 0.717) is 5.92 Å². The Morgan fingerprint density at radius 2 is 1.60 bits per heavy atom. The van der Waals surface area contributed by atoms with E-state index < -0.39 is 0 Å². The molecule has 1 N–H and O–H groups in total. The average molecular weight is 276 g/mol. The van der Waals surface area contributed by atoms with E-state index in [1.54, 1.807) is 0 Å². The molecule has 0 saturated carbocycles. The molecule has 1 aromatic carbocycles. The van der Waals surface area contributed by atoms with Gasteiger partial charge in [-0.1, -0.05) is 24.6 Å². The first-order valence-corrected chi connectivity index (χ1v) is 7.71. The SMILES string of the molecule is Cc1cc(C)c(CC(O)C2C(C)OC(C)C2C)c(C)c1. The van der Waals surface area contributed by atoms with Crippen molar-refractivity contribution < 1.29 is 9.84 Å². The van der Waals surface area contributed by atoms with E-state index in [1.807, 2.05) is 0 Å². The monoisotopic (exact) mass is 276 g/mol. The lowest BCUT2D eigenvalue weighted by Gasteiger charge is -2.26. The summed E-state index contributed by atoms with van der Waals surface area (Å²) in [5.74, 6) is 0.635. The molecule has 5 atom stereocenters. The first-order chi connectivity index (χ1) is 9.31. The lowest BCUT2D eigenvalue weighted by Crippen LogP contribution is -2.32. The Morgan fingerprint density at radius 3 is 2.05 bits per heavy atom. The molecule has 1 aliphatic rings. The van der Waals surface area contributed by atoms with Gasteiger partial charge in [-0.3, -0.25) is 0 Å². The zero-order valence-corrected chi connectivity index (χ0v) is 13.6. The molecule has 20 heavy (non-hydrogen) atoms. The maximum atomic E-state index is 10.7. The van der Waals surface area contributed by atoms with E-state index in [9.17, 15) is 5.11 Å². The van der Waals surface area contributed by atoms with Gasteiger partial charge >= 0.3 is 0 Å². The largest absolute Gasteiger partial charge is 0.392 e. The van der Waals surface area contributed by atoms with Gasteiger partial charge in [-0.15, -0.1) is 0 Å². The van der Waals surface area contributed by atoms with Crippen molar-refractivity contribution in [2.45, 2.75) is 66.3 Å². The number of ether oxygens (including phenoxy) is 1. The van der Waals surface area contributed by atoms with E-state index in [1.165, 1.54) is 22.3 Å². The maximum Gasteiger partial charge on any atom is 0.0637 e. The molecule has 0 bridgehead atoms. The Kier molecular flexibility index (Phi) is 4.55. The predicted octanol–water partition coefficient (Wildman–Crippen LogP) is 3.57. The summed E-state index contributed by atoms with van der Waals surface area (Å²) >= 11 is 0. The molecule has 1 fully saturated rings. The van der Waals surface area contributed by atoms with Crippen molar-refractivity contribution in [3.8, 4) is 0 Å². The molecule has 2 rings (SSSR count). The zero-order valence-electron chi connectivity index (χ0n) is 13.6. The van der Waals surface area contributed by atoms with Crippen LogP contribution in [0.4, 0.5) is 0 Å². The summed E-state index contributed by atoms with van der Waals surface area (Å²) < 4.78 is 5.86. The highest BCUT2D eigenvalue weighted by Gasteiger charge is 2.41. The Labute approximate surface area is 123 Å². The van der Waals surface area contributed by atoms with E-state index in [2.05, 4.69) is 53.7 Å². The van der Waals surface area contributed by atoms with Crippen LogP contribution in [0.2, 0.25) is 0 Å². The van der Waals surface area contributed by atoms with Gasteiger partial charge in [0, 0.05) is 5.92 Å². The van der Waals surface area contributed by atoms with Gasteiger partial charge in [0.1, 0.15) is 0 Å². The minimum Gasteiger partial charge on any atom is -0.392 e. The Morgan fingerprint density at radius 1 is 1.05 bits per heavy atom. The Bertz CT molecular complexity index is 457. The molecule has 0 spiro atoms. The van der Waals surface area contributed by atoms with Crippen LogP contribution in [0.25, 0.3) is 0 Å². The van der Waals surface area contributed by atoms with Crippen molar-refractivity contribution in [2.75, 3.05) is 0 Å². The summed E-state index contributed by atoms with van der Waals surface area (Å²) in [5, 5.41) is 10.7. The van der Waals surface area contributed by atoms with Gasteiger partial charge in [-0.25, -0.2) is 0 Å². The fourth-order valence-electron chi connectivity index (χ4n) is 3.83. The molecular formula is C18H28O2. The van der Waals surface area contributed by atoms with E-state index >= 15 is 0 Å². The number of hydrogen-bond donors (Lipinski definition) is 1. The van der Waals surface area contributed by atoms with Crippen LogP contribution in [0, 0.1) is 32.6 Å². The third-order valence-electron chi connectivity index (χ3n) is 5.02. The van der Waals surface area contributed by atoms with Crippen LogP contribution in [-0.4, -0.2) is 23.4 Å². The second-order valence-electron chi connectivity index (χ2n) is 6.63. The molecular weight excluding hydrogens is 248 g/mol. The molecule has 1 heterocycles. The van der Waals surface area contributed by atoms with Gasteiger partial charge in [0.15, 0.2) is 0 Å². The molecule has 1 saturated heterocycles. The van der Waals surface area contributed by atoms with Crippen molar-refractivity contribution in [3.05, 3.63) is 34.4 Å². The van der Waals surface area contributed by atoms with E-state index in [4.69, 9.17) is 4.74 Å². The van der Waals surface area contributed by atoms with Gasteiger partial charge in [-0.05, 0) is 63.6 Å². The number of hydrogen-bond acceptors (Lipinski definition) is 2. The summed E-state index contributed by atoms with van der Waals surface area (Å²) in [6.07, 6.45) is 0.781. The van der Waals surface area contributed by atoms with E-state index in [-0.39, 0.29) is 24.2 Å². The van der Waals surface area contributed by atoms with E-state index in [0.717, 1.165) is 6.42 Å². The second kappa shape index (κ2) is 5.87. The van der Waals surface area contributed by atoms with Crippen LogP contribution in [0.3, 0.4) is 0 Å². The molecule has 112 valence electrons. The minimum atomic E-state index is -0.329. The van der Waals surface area contributed by atoms with Crippen molar-refractivity contribution in [1.82, 2.24) is 0 Å². The van der Waals surface area contributed by atoms with Crippen molar-refractivity contribution >= 4 is 0 Å². The molecule has 1 aromatic rings. The third kappa shape index (κ3) is 2.91. The highest BCUT2D eigenvalue weighted by atomic mass is 16.5. The van der Waals surface area contributed by atoms with Gasteiger partial charge in [-0.2, -0.15) is 0 Å². The standard InChI is InChI=1S/C18H28O2/c1-10-7-11(2)16(12(3)8-10)9-17(19)18-13(4)14(5)20-15(18)6/h7-8,13-15,17-19H,9H2,1-6H3. The highest BCUT2D eigenvalue weighted by molar-refractivity contribution is 5.38. The van der Waals surface area contributed by atoms with Crippen molar-refractivity contribution in [3.63, 3.8) is 0 Å². The van der Waals surface area contributed by atoms with Crippen LogP contribution in [0.1, 0.15) is 43.0 Å². The molecule has 5 unspecified atom stereocenters. The van der Waals surface area contributed by atoms with Gasteiger partial charge < -0.3 is 9.84 Å². The quantitative estimate of drug-likeness (QED) is 0.914. The third-order valence-corrected chi connectivity index (χ3v) is 5.02. The Balaban J connectivity index is 2.18. The summed E-state index contributed by atoms with van der Waals surface area (Å²) in [7, 11) is 0. The molecule has 1 aliphatic heterocycles. The number of rotatable bonds is 3.